The van der Waals surface area contributed by atoms with Gasteiger partial charge in [-0.05, 0) is 22.9 Å². The number of anilines is 1. The highest BCUT2D eigenvalue weighted by Crippen LogP contribution is 2.27. The normalized spacial score (nSPS) is 10.1. The van der Waals surface area contributed by atoms with Crippen LogP contribution in [-0.4, -0.2) is 6.61 Å². The summed E-state index contributed by atoms with van der Waals surface area (Å²) < 4.78 is 5.45. The van der Waals surface area contributed by atoms with Crippen LogP contribution in [0.2, 0.25) is 0 Å². The van der Waals surface area contributed by atoms with Gasteiger partial charge in [0.2, 0.25) is 0 Å². The first-order valence-corrected chi connectivity index (χ1v) is 4.83. The van der Waals surface area contributed by atoms with Gasteiger partial charge in [-0.25, -0.2) is 0 Å². The number of ether oxygens (including phenoxy) is 1. The van der Waals surface area contributed by atoms with Gasteiger partial charge in [-0.2, -0.15) is 0 Å². The quantitative estimate of drug-likeness (QED) is 0.609. The molecule has 0 aliphatic rings. The lowest BCUT2D eigenvalue weighted by atomic mass is 10.1. The van der Waals surface area contributed by atoms with Crippen molar-refractivity contribution in [1.82, 2.24) is 0 Å². The van der Waals surface area contributed by atoms with Gasteiger partial charge in [0.1, 0.15) is 12.4 Å². The van der Waals surface area contributed by atoms with Crippen molar-refractivity contribution in [2.24, 2.45) is 0 Å². The third-order valence-corrected chi connectivity index (χ3v) is 2.23. The molecule has 0 heterocycles. The number of rotatable bonds is 3. The molecule has 0 amide bonds. The van der Waals surface area contributed by atoms with Gasteiger partial charge in [0.05, 0.1) is 5.69 Å². The number of nitrogens with two attached hydrogens (primary N) is 1. The summed E-state index contributed by atoms with van der Waals surface area (Å²) in [5, 5.41) is 2.26. The standard InChI is InChI=1S/C13H13NO/c1-2-7-15-13-9-11-6-4-3-5-10(11)8-12(13)14/h2-6,8-9H,1,7,14H2. The Morgan fingerprint density at radius 1 is 1.20 bits per heavy atom. The minimum absolute atomic E-state index is 0.475. The van der Waals surface area contributed by atoms with E-state index in [1.54, 1.807) is 6.08 Å². The van der Waals surface area contributed by atoms with Crippen molar-refractivity contribution in [2.75, 3.05) is 12.3 Å². The van der Waals surface area contributed by atoms with Crippen LogP contribution in [0.1, 0.15) is 0 Å². The molecule has 76 valence electrons. The lowest BCUT2D eigenvalue weighted by molar-refractivity contribution is 0.365. The van der Waals surface area contributed by atoms with E-state index in [9.17, 15) is 0 Å². The average molecular weight is 199 g/mol. The van der Waals surface area contributed by atoms with Crippen LogP contribution in [0.4, 0.5) is 5.69 Å². The van der Waals surface area contributed by atoms with Gasteiger partial charge in [0, 0.05) is 0 Å². The topological polar surface area (TPSA) is 35.2 Å². The summed E-state index contributed by atoms with van der Waals surface area (Å²) in [6.07, 6.45) is 1.70. The largest absolute Gasteiger partial charge is 0.487 e. The number of benzene rings is 2. The molecule has 0 spiro atoms. The first-order valence-electron chi connectivity index (χ1n) is 4.83. The Morgan fingerprint density at radius 3 is 2.53 bits per heavy atom. The molecule has 0 bridgehead atoms. The Labute approximate surface area is 89.0 Å². The van der Waals surface area contributed by atoms with E-state index in [0.29, 0.717) is 18.0 Å². The zero-order chi connectivity index (χ0) is 10.7. The molecule has 2 rings (SSSR count). The number of fused-ring (bicyclic) bond motifs is 1. The molecule has 0 fully saturated rings. The Bertz CT molecular complexity index is 491. The van der Waals surface area contributed by atoms with Crippen LogP contribution in [-0.2, 0) is 0 Å². The lowest BCUT2D eigenvalue weighted by Crippen LogP contribution is -1.97. The number of nitrogen functional groups attached to an aromatic ring is 1. The van der Waals surface area contributed by atoms with Crippen LogP contribution in [0.3, 0.4) is 0 Å². The molecular formula is C13H13NO. The van der Waals surface area contributed by atoms with Crippen molar-refractivity contribution in [3.8, 4) is 5.75 Å². The number of hydrogen-bond donors (Lipinski definition) is 1. The molecule has 0 unspecified atom stereocenters. The SMILES string of the molecule is C=CCOc1cc2ccccc2cc1N. The van der Waals surface area contributed by atoms with Crippen molar-refractivity contribution in [2.45, 2.75) is 0 Å². The van der Waals surface area contributed by atoms with E-state index in [-0.39, 0.29) is 0 Å². The Morgan fingerprint density at radius 2 is 1.87 bits per heavy atom. The summed E-state index contributed by atoms with van der Waals surface area (Å²) in [5.41, 5.74) is 6.53. The fourth-order valence-corrected chi connectivity index (χ4v) is 1.51. The highest BCUT2D eigenvalue weighted by molar-refractivity contribution is 5.88. The predicted molar refractivity (Wildman–Crippen MR) is 64.1 cm³/mol. The first-order chi connectivity index (χ1) is 7.31. The number of hydrogen-bond acceptors (Lipinski definition) is 2. The molecule has 0 radical (unpaired) electrons. The van der Waals surface area contributed by atoms with Crippen LogP contribution in [0.25, 0.3) is 10.8 Å². The van der Waals surface area contributed by atoms with Crippen LogP contribution < -0.4 is 10.5 Å². The summed E-state index contributed by atoms with van der Waals surface area (Å²) >= 11 is 0. The molecule has 0 aliphatic carbocycles. The summed E-state index contributed by atoms with van der Waals surface area (Å²) in [6, 6.07) is 11.9. The highest BCUT2D eigenvalue weighted by atomic mass is 16.5. The molecule has 2 N–H and O–H groups in total. The van der Waals surface area contributed by atoms with E-state index < -0.39 is 0 Å². The van der Waals surface area contributed by atoms with Gasteiger partial charge < -0.3 is 10.5 Å². The van der Waals surface area contributed by atoms with Crippen molar-refractivity contribution >= 4 is 16.5 Å². The molecule has 2 heteroatoms. The smallest absolute Gasteiger partial charge is 0.143 e. The molecule has 0 saturated heterocycles. The maximum absolute atomic E-state index is 5.87. The van der Waals surface area contributed by atoms with Crippen molar-refractivity contribution in [3.63, 3.8) is 0 Å². The van der Waals surface area contributed by atoms with E-state index in [4.69, 9.17) is 10.5 Å². The summed E-state index contributed by atoms with van der Waals surface area (Å²) in [4.78, 5) is 0. The summed E-state index contributed by atoms with van der Waals surface area (Å²) in [6.45, 7) is 4.08. The van der Waals surface area contributed by atoms with Gasteiger partial charge in [-0.15, -0.1) is 0 Å². The van der Waals surface area contributed by atoms with Gasteiger partial charge >= 0.3 is 0 Å². The van der Waals surface area contributed by atoms with E-state index in [0.717, 1.165) is 10.8 Å². The zero-order valence-electron chi connectivity index (χ0n) is 8.44. The second-order valence-corrected chi connectivity index (χ2v) is 3.34. The van der Waals surface area contributed by atoms with Crippen molar-refractivity contribution < 1.29 is 4.74 Å². The second-order valence-electron chi connectivity index (χ2n) is 3.34. The lowest BCUT2D eigenvalue weighted by Gasteiger charge is -2.08. The Kier molecular flexibility index (Phi) is 2.59. The van der Waals surface area contributed by atoms with Gasteiger partial charge in [0.15, 0.2) is 0 Å². The van der Waals surface area contributed by atoms with E-state index in [2.05, 4.69) is 6.58 Å². The molecule has 15 heavy (non-hydrogen) atoms. The van der Waals surface area contributed by atoms with Gasteiger partial charge in [0.25, 0.3) is 0 Å². The fourth-order valence-electron chi connectivity index (χ4n) is 1.51. The van der Waals surface area contributed by atoms with Crippen LogP contribution in [0.15, 0.2) is 49.1 Å². The molecule has 2 aromatic rings. The minimum atomic E-state index is 0.475. The van der Waals surface area contributed by atoms with Gasteiger partial charge in [-0.1, -0.05) is 36.9 Å². The molecule has 0 saturated carbocycles. The van der Waals surface area contributed by atoms with Crippen LogP contribution >= 0.6 is 0 Å². The third kappa shape index (κ3) is 1.94. The minimum Gasteiger partial charge on any atom is -0.487 e. The summed E-state index contributed by atoms with van der Waals surface area (Å²) in [5.74, 6) is 0.716. The van der Waals surface area contributed by atoms with E-state index >= 15 is 0 Å². The van der Waals surface area contributed by atoms with Crippen LogP contribution in [0, 0.1) is 0 Å². The fraction of sp³-hybridized carbons (Fsp3) is 0.0769. The predicted octanol–water partition coefficient (Wildman–Crippen LogP) is 2.99. The molecule has 0 atom stereocenters. The monoisotopic (exact) mass is 199 g/mol. The Balaban J connectivity index is 2.47. The maximum Gasteiger partial charge on any atom is 0.143 e. The van der Waals surface area contributed by atoms with Gasteiger partial charge in [-0.3, -0.25) is 0 Å². The maximum atomic E-state index is 5.87. The highest BCUT2D eigenvalue weighted by Gasteiger charge is 2.01. The second kappa shape index (κ2) is 4.05. The first kappa shape index (κ1) is 9.59. The van der Waals surface area contributed by atoms with Crippen LogP contribution in [0.5, 0.6) is 5.75 Å². The van der Waals surface area contributed by atoms with Crippen molar-refractivity contribution in [3.05, 3.63) is 49.1 Å². The van der Waals surface area contributed by atoms with E-state index in [1.807, 2.05) is 36.4 Å². The third-order valence-electron chi connectivity index (χ3n) is 2.23. The average Bonchev–Trinajstić information content (AvgIpc) is 2.26. The zero-order valence-corrected chi connectivity index (χ0v) is 8.44. The molecule has 0 aliphatic heterocycles. The molecule has 2 aromatic carbocycles. The Hall–Kier alpha value is -1.96. The molecule has 0 aromatic heterocycles. The molecular weight excluding hydrogens is 186 g/mol. The summed E-state index contributed by atoms with van der Waals surface area (Å²) in [7, 11) is 0. The molecule has 2 nitrogen and oxygen atoms in total. The van der Waals surface area contributed by atoms with E-state index in [1.165, 1.54) is 0 Å². The van der Waals surface area contributed by atoms with Crippen molar-refractivity contribution in [1.29, 1.82) is 0 Å².